The number of carboxylic acids is 1. The molecule has 0 rings (SSSR count). The van der Waals surface area contributed by atoms with Gasteiger partial charge in [-0.15, -0.1) is 0 Å². The number of carbonyl (C=O) groups excluding carboxylic acids is 2. The number of allylic oxidation sites excluding steroid dienone is 7. The average Bonchev–Trinajstić information content (AvgIpc) is 2.99. The van der Waals surface area contributed by atoms with Gasteiger partial charge in [-0.2, -0.15) is 0 Å². The maximum atomic E-state index is 12.6. The maximum Gasteiger partial charge on any atom is 0.322 e. The number of hydrogen-bond donors (Lipinski definition) is 2. The van der Waals surface area contributed by atoms with Gasteiger partial charge in [-0.3, -0.25) is 14.4 Å². The van der Waals surface area contributed by atoms with Gasteiger partial charge in [-0.25, -0.2) is 0 Å². The van der Waals surface area contributed by atoms with Gasteiger partial charge in [-0.1, -0.05) is 114 Å². The Morgan fingerprint density at radius 1 is 0.628 bits per heavy atom. The zero-order chi connectivity index (χ0) is 31.6. The first-order valence-corrected chi connectivity index (χ1v) is 17.3. The van der Waals surface area contributed by atoms with E-state index in [1.807, 2.05) is 6.08 Å². The number of ether oxygens (including phenoxy) is 1. The van der Waals surface area contributed by atoms with Crippen LogP contribution in [-0.2, 0) is 19.1 Å². The monoisotopic (exact) mass is 601 g/mol. The van der Waals surface area contributed by atoms with E-state index >= 15 is 0 Å². The van der Waals surface area contributed by atoms with Crippen molar-refractivity contribution in [2.45, 2.75) is 161 Å². The summed E-state index contributed by atoms with van der Waals surface area (Å²) >= 11 is 0. The van der Waals surface area contributed by atoms with Crippen LogP contribution in [0.5, 0.6) is 0 Å². The normalized spacial score (nSPS) is 12.6. The average molecular weight is 602 g/mol. The lowest BCUT2D eigenvalue weighted by atomic mass is 10.1. The highest BCUT2D eigenvalue weighted by atomic mass is 16.5. The molecule has 0 saturated carbocycles. The smallest absolute Gasteiger partial charge is 0.322 e. The van der Waals surface area contributed by atoms with E-state index < -0.39 is 5.97 Å². The van der Waals surface area contributed by atoms with Crippen LogP contribution >= 0.6 is 0 Å². The topological polar surface area (TPSA) is 92.7 Å². The van der Waals surface area contributed by atoms with E-state index in [0.29, 0.717) is 12.8 Å². The number of hydrogen-bond acceptors (Lipinski definition) is 4. The first kappa shape index (κ1) is 40.4. The molecular weight excluding hydrogens is 538 g/mol. The minimum absolute atomic E-state index is 0.116. The Morgan fingerprint density at radius 2 is 1.16 bits per heavy atom. The van der Waals surface area contributed by atoms with E-state index in [-0.39, 0.29) is 24.5 Å². The van der Waals surface area contributed by atoms with Crippen LogP contribution in [0.4, 0.5) is 0 Å². The van der Waals surface area contributed by atoms with Gasteiger partial charge in [0, 0.05) is 12.8 Å². The summed E-state index contributed by atoms with van der Waals surface area (Å²) in [6.07, 6.45) is 39.5. The van der Waals surface area contributed by atoms with Crippen molar-refractivity contribution in [3.63, 3.8) is 0 Å². The van der Waals surface area contributed by atoms with E-state index in [9.17, 15) is 14.4 Å². The zero-order valence-electron chi connectivity index (χ0n) is 27.5. The first-order valence-electron chi connectivity index (χ1n) is 17.3. The number of carboxylic acid groups (broad SMARTS) is 1. The molecule has 0 heterocycles. The molecule has 2 N–H and O–H groups in total. The quantitative estimate of drug-likeness (QED) is 0.0485. The van der Waals surface area contributed by atoms with Gasteiger partial charge >= 0.3 is 11.9 Å². The maximum absolute atomic E-state index is 12.6. The highest BCUT2D eigenvalue weighted by molar-refractivity contribution is 5.80. The SMILES string of the molecule is CCCC/C=C\C/C=C\CCCCCCCC(=O)OC(/C=C\C/C=C\CCCCC)CCCCCCC(=O)NCC(=O)O. The van der Waals surface area contributed by atoms with Crippen molar-refractivity contribution in [2.75, 3.05) is 6.54 Å². The molecule has 1 atom stereocenters. The summed E-state index contributed by atoms with van der Waals surface area (Å²) in [7, 11) is 0. The Bertz CT molecular complexity index is 799. The second kappa shape index (κ2) is 32.3. The van der Waals surface area contributed by atoms with E-state index in [0.717, 1.165) is 77.0 Å². The number of nitrogens with one attached hydrogen (secondary N) is 1. The molecule has 0 radical (unpaired) electrons. The molecule has 6 heteroatoms. The van der Waals surface area contributed by atoms with E-state index in [1.54, 1.807) is 0 Å². The molecule has 6 nitrogen and oxygen atoms in total. The number of unbranched alkanes of at least 4 members (excludes halogenated alkanes) is 13. The van der Waals surface area contributed by atoms with Gasteiger partial charge in [0.15, 0.2) is 0 Å². The first-order chi connectivity index (χ1) is 21.0. The van der Waals surface area contributed by atoms with Crippen LogP contribution in [0.15, 0.2) is 48.6 Å². The van der Waals surface area contributed by atoms with Gasteiger partial charge < -0.3 is 15.2 Å². The summed E-state index contributed by atoms with van der Waals surface area (Å²) in [6, 6.07) is 0. The molecule has 0 aromatic carbocycles. The predicted molar refractivity (Wildman–Crippen MR) is 180 cm³/mol. The number of amides is 1. The number of aliphatic carboxylic acids is 1. The fraction of sp³-hybridized carbons (Fsp3) is 0.703. The van der Waals surface area contributed by atoms with Gasteiger partial charge in [0.2, 0.25) is 5.91 Å². The van der Waals surface area contributed by atoms with Crippen molar-refractivity contribution in [1.29, 1.82) is 0 Å². The minimum Gasteiger partial charge on any atom is -0.480 e. The standard InChI is InChI=1S/C37H63NO5/c1-3-5-7-9-11-13-14-15-16-17-18-20-22-28-32-37(42)43-34(29-25-21-19-12-10-8-6-4-2)30-26-23-24-27-31-35(39)38-33-36(40)41/h9,11-12,14-15,19,25,29,34H,3-8,10,13,16-18,20-24,26-28,30-33H2,1-2H3,(H,38,39)(H,40,41)/b11-9-,15-14-,19-12-,29-25-. The predicted octanol–water partition coefficient (Wildman–Crippen LogP) is 9.95. The van der Waals surface area contributed by atoms with Gasteiger partial charge in [0.05, 0.1) is 0 Å². The Morgan fingerprint density at radius 3 is 1.81 bits per heavy atom. The van der Waals surface area contributed by atoms with Crippen molar-refractivity contribution in [2.24, 2.45) is 0 Å². The van der Waals surface area contributed by atoms with Gasteiger partial charge in [0.1, 0.15) is 12.6 Å². The summed E-state index contributed by atoms with van der Waals surface area (Å²) in [6.45, 7) is 4.10. The third-order valence-electron chi connectivity index (χ3n) is 7.21. The Labute approximate surface area is 263 Å². The fourth-order valence-electron chi connectivity index (χ4n) is 4.60. The molecule has 43 heavy (non-hydrogen) atoms. The van der Waals surface area contributed by atoms with Crippen molar-refractivity contribution in [3.05, 3.63) is 48.6 Å². The molecule has 0 bridgehead atoms. The largest absolute Gasteiger partial charge is 0.480 e. The Hall–Kier alpha value is -2.63. The van der Waals surface area contributed by atoms with E-state index in [4.69, 9.17) is 9.84 Å². The highest BCUT2D eigenvalue weighted by Crippen LogP contribution is 2.14. The van der Waals surface area contributed by atoms with Crippen molar-refractivity contribution in [3.8, 4) is 0 Å². The van der Waals surface area contributed by atoms with Crippen LogP contribution in [0.3, 0.4) is 0 Å². The summed E-state index contributed by atoms with van der Waals surface area (Å²) in [5, 5.41) is 11.0. The van der Waals surface area contributed by atoms with Crippen molar-refractivity contribution < 1.29 is 24.2 Å². The fourth-order valence-corrected chi connectivity index (χ4v) is 4.60. The highest BCUT2D eigenvalue weighted by Gasteiger charge is 2.11. The molecule has 0 aromatic rings. The lowest BCUT2D eigenvalue weighted by molar-refractivity contribution is -0.147. The van der Waals surface area contributed by atoms with E-state index in [2.05, 4.69) is 61.7 Å². The third kappa shape index (κ3) is 32.1. The van der Waals surface area contributed by atoms with Crippen LogP contribution in [0, 0.1) is 0 Å². The van der Waals surface area contributed by atoms with Gasteiger partial charge in [-0.05, 0) is 76.7 Å². The van der Waals surface area contributed by atoms with Crippen molar-refractivity contribution in [1.82, 2.24) is 5.32 Å². The minimum atomic E-state index is -1.03. The Kier molecular flexibility index (Phi) is 30.3. The molecule has 0 saturated heterocycles. The summed E-state index contributed by atoms with van der Waals surface area (Å²) in [4.78, 5) is 34.7. The second-order valence-electron chi connectivity index (χ2n) is 11.4. The van der Waals surface area contributed by atoms with Crippen LogP contribution in [0.25, 0.3) is 0 Å². The number of carbonyl (C=O) groups is 3. The number of rotatable bonds is 30. The summed E-state index contributed by atoms with van der Waals surface area (Å²) in [5.74, 6) is -1.37. The molecule has 1 amide bonds. The Balaban J connectivity index is 4.25. The molecule has 0 aliphatic rings. The molecule has 1 unspecified atom stereocenters. The van der Waals surface area contributed by atoms with Gasteiger partial charge in [0.25, 0.3) is 0 Å². The zero-order valence-corrected chi connectivity index (χ0v) is 27.5. The lowest BCUT2D eigenvalue weighted by Gasteiger charge is -2.14. The summed E-state index contributed by atoms with van der Waals surface area (Å²) in [5.41, 5.74) is 0. The van der Waals surface area contributed by atoms with Crippen LogP contribution in [0.1, 0.15) is 155 Å². The number of esters is 1. The van der Waals surface area contributed by atoms with Crippen LogP contribution in [0.2, 0.25) is 0 Å². The van der Waals surface area contributed by atoms with Crippen LogP contribution < -0.4 is 5.32 Å². The molecular formula is C37H63NO5. The molecule has 246 valence electrons. The third-order valence-corrected chi connectivity index (χ3v) is 7.21. The molecule has 0 fully saturated rings. The summed E-state index contributed by atoms with van der Waals surface area (Å²) < 4.78 is 5.84. The van der Waals surface area contributed by atoms with E-state index in [1.165, 1.54) is 51.4 Å². The molecule has 0 aliphatic heterocycles. The molecule has 0 aromatic heterocycles. The van der Waals surface area contributed by atoms with Crippen molar-refractivity contribution >= 4 is 17.8 Å². The molecule has 0 aliphatic carbocycles. The van der Waals surface area contributed by atoms with Crippen LogP contribution in [-0.4, -0.2) is 35.6 Å². The molecule has 0 spiro atoms. The second-order valence-corrected chi connectivity index (χ2v) is 11.4. The lowest BCUT2D eigenvalue weighted by Crippen LogP contribution is -2.28.